The summed E-state index contributed by atoms with van der Waals surface area (Å²) in [5, 5.41) is 13.4. The van der Waals surface area contributed by atoms with Crippen molar-refractivity contribution >= 4 is 17.5 Å². The number of halogens is 2. The predicted molar refractivity (Wildman–Crippen MR) is 88.6 cm³/mol. The van der Waals surface area contributed by atoms with Crippen molar-refractivity contribution < 1.29 is 23.5 Å². The molecule has 0 aliphatic rings. The van der Waals surface area contributed by atoms with E-state index >= 15 is 0 Å². The summed E-state index contributed by atoms with van der Waals surface area (Å²) < 4.78 is 27.1. The Kier molecular flexibility index (Phi) is 6.59. The van der Waals surface area contributed by atoms with Crippen molar-refractivity contribution in [2.75, 3.05) is 11.9 Å². The van der Waals surface area contributed by atoms with Crippen molar-refractivity contribution in [3.63, 3.8) is 0 Å². The van der Waals surface area contributed by atoms with E-state index in [4.69, 9.17) is 5.11 Å². The van der Waals surface area contributed by atoms with E-state index in [2.05, 4.69) is 5.32 Å². The Morgan fingerprint density at radius 1 is 0.960 bits per heavy atom. The van der Waals surface area contributed by atoms with Gasteiger partial charge in [0, 0.05) is 6.61 Å². The van der Waals surface area contributed by atoms with Gasteiger partial charge in [0.15, 0.2) is 0 Å². The van der Waals surface area contributed by atoms with Crippen molar-refractivity contribution in [3.05, 3.63) is 65.7 Å². The Morgan fingerprint density at radius 2 is 1.60 bits per heavy atom. The first-order chi connectivity index (χ1) is 12.0. The average molecular weight is 348 g/mol. The minimum Gasteiger partial charge on any atom is -0.396 e. The van der Waals surface area contributed by atoms with Crippen LogP contribution in [0.25, 0.3) is 0 Å². The first-order valence-electron chi connectivity index (χ1n) is 7.74. The van der Waals surface area contributed by atoms with Crippen LogP contribution < -0.4 is 10.6 Å². The number of nitrogens with one attached hydrogen (secondary N) is 2. The van der Waals surface area contributed by atoms with E-state index in [0.717, 1.165) is 23.8 Å². The van der Waals surface area contributed by atoms with Crippen molar-refractivity contribution in [1.29, 1.82) is 0 Å². The van der Waals surface area contributed by atoms with Crippen LogP contribution >= 0.6 is 0 Å². The molecule has 2 amide bonds. The summed E-state index contributed by atoms with van der Waals surface area (Å²) in [6.45, 7) is -0.0637. The Bertz CT molecular complexity index is 718. The van der Waals surface area contributed by atoms with E-state index < -0.39 is 35.2 Å². The minimum absolute atomic E-state index is 0.0637. The molecule has 0 aliphatic heterocycles. The average Bonchev–Trinajstić information content (AvgIpc) is 2.62. The predicted octanol–water partition coefficient (Wildman–Crippen LogP) is 2.53. The molecule has 0 saturated carbocycles. The zero-order valence-electron chi connectivity index (χ0n) is 13.3. The number of carbonyl (C=O) groups is 2. The number of para-hydroxylation sites is 1. The zero-order valence-corrected chi connectivity index (χ0v) is 13.3. The lowest BCUT2D eigenvalue weighted by Crippen LogP contribution is -2.38. The summed E-state index contributed by atoms with van der Waals surface area (Å²) in [4.78, 5) is 24.0. The van der Waals surface area contributed by atoms with Gasteiger partial charge in [0.1, 0.15) is 17.3 Å². The lowest BCUT2D eigenvalue weighted by Gasteiger charge is -2.18. The molecule has 2 aromatic carbocycles. The van der Waals surface area contributed by atoms with Gasteiger partial charge >= 0.3 is 11.8 Å². The fourth-order valence-electron chi connectivity index (χ4n) is 2.31. The van der Waals surface area contributed by atoms with Gasteiger partial charge < -0.3 is 15.7 Å². The summed E-state index contributed by atoms with van der Waals surface area (Å²) in [5.74, 6) is -4.13. The van der Waals surface area contributed by atoms with Crippen LogP contribution in [0, 0.1) is 11.6 Å². The molecule has 25 heavy (non-hydrogen) atoms. The summed E-state index contributed by atoms with van der Waals surface area (Å²) >= 11 is 0. The molecule has 0 fully saturated rings. The van der Waals surface area contributed by atoms with E-state index in [0.29, 0.717) is 12.8 Å². The Labute approximate surface area is 143 Å². The van der Waals surface area contributed by atoms with Crippen LogP contribution in [-0.4, -0.2) is 23.5 Å². The molecular weight excluding hydrogens is 330 g/mol. The van der Waals surface area contributed by atoms with Crippen LogP contribution in [0.1, 0.15) is 24.4 Å². The van der Waals surface area contributed by atoms with E-state index in [1.165, 1.54) is 0 Å². The third-order valence-electron chi connectivity index (χ3n) is 3.57. The van der Waals surface area contributed by atoms with E-state index in [1.807, 2.05) is 11.4 Å². The fourth-order valence-corrected chi connectivity index (χ4v) is 2.31. The Hall–Kier alpha value is -2.80. The number of rotatable bonds is 6. The number of aliphatic hydroxyl groups excluding tert-OH is 1. The van der Waals surface area contributed by atoms with Crippen LogP contribution in [-0.2, 0) is 9.59 Å². The first-order valence-corrected chi connectivity index (χ1v) is 7.74. The van der Waals surface area contributed by atoms with Crippen LogP contribution in [0.2, 0.25) is 0 Å². The summed E-state index contributed by atoms with van der Waals surface area (Å²) in [6.07, 6.45) is 0.830. The molecule has 0 bridgehead atoms. The summed E-state index contributed by atoms with van der Waals surface area (Å²) in [5.41, 5.74) is 0.0865. The molecule has 1 atom stereocenters. The van der Waals surface area contributed by atoms with E-state index in [1.54, 1.807) is 24.3 Å². The smallest absolute Gasteiger partial charge is 0.313 e. The number of aliphatic hydroxyl groups is 1. The topological polar surface area (TPSA) is 78.4 Å². The van der Waals surface area contributed by atoms with E-state index in [-0.39, 0.29) is 6.61 Å². The molecule has 5 nitrogen and oxygen atoms in total. The summed E-state index contributed by atoms with van der Waals surface area (Å²) in [7, 11) is 0. The molecule has 0 aliphatic carbocycles. The normalized spacial score (nSPS) is 11.6. The molecule has 0 spiro atoms. The number of hydrogen-bond donors (Lipinski definition) is 3. The van der Waals surface area contributed by atoms with Gasteiger partial charge in [-0.25, -0.2) is 8.78 Å². The highest BCUT2D eigenvalue weighted by Crippen LogP contribution is 2.20. The lowest BCUT2D eigenvalue weighted by molar-refractivity contribution is -0.136. The lowest BCUT2D eigenvalue weighted by atomic mass is 10.0. The number of anilines is 1. The van der Waals surface area contributed by atoms with Crippen LogP contribution in [0.4, 0.5) is 14.5 Å². The second kappa shape index (κ2) is 8.89. The molecule has 0 saturated heterocycles. The SMILES string of the molecule is O=C(Nc1c(F)cccc1F)C(=O)NC(CCCO)c1ccccc1. The molecule has 2 aromatic rings. The van der Waals surface area contributed by atoms with Gasteiger partial charge in [-0.2, -0.15) is 0 Å². The standard InChI is InChI=1S/C18H18F2N2O3/c19-13-8-4-9-14(20)16(13)22-18(25)17(24)21-15(10-5-11-23)12-6-2-1-3-7-12/h1-4,6-9,15,23H,5,10-11H2,(H,21,24)(H,22,25). The van der Waals surface area contributed by atoms with Gasteiger partial charge in [-0.05, 0) is 30.5 Å². The summed E-state index contributed by atoms with van der Waals surface area (Å²) in [6, 6.07) is 11.5. The minimum atomic E-state index is -1.17. The number of hydrogen-bond acceptors (Lipinski definition) is 3. The Balaban J connectivity index is 2.08. The highest BCUT2D eigenvalue weighted by molar-refractivity contribution is 6.39. The second-order valence-electron chi connectivity index (χ2n) is 5.35. The fraction of sp³-hybridized carbons (Fsp3) is 0.222. The Morgan fingerprint density at radius 3 is 2.20 bits per heavy atom. The van der Waals surface area contributed by atoms with Gasteiger partial charge in [-0.1, -0.05) is 36.4 Å². The zero-order chi connectivity index (χ0) is 18.2. The van der Waals surface area contributed by atoms with Crippen LogP contribution in [0.3, 0.4) is 0 Å². The highest BCUT2D eigenvalue weighted by atomic mass is 19.1. The molecule has 0 heterocycles. The monoisotopic (exact) mass is 348 g/mol. The van der Waals surface area contributed by atoms with Gasteiger partial charge in [0.05, 0.1) is 6.04 Å². The van der Waals surface area contributed by atoms with Crippen molar-refractivity contribution in [2.45, 2.75) is 18.9 Å². The van der Waals surface area contributed by atoms with Crippen molar-refractivity contribution in [1.82, 2.24) is 5.32 Å². The molecule has 1 unspecified atom stereocenters. The maximum atomic E-state index is 13.6. The quantitative estimate of drug-likeness (QED) is 0.702. The van der Waals surface area contributed by atoms with Gasteiger partial charge in [-0.3, -0.25) is 9.59 Å². The van der Waals surface area contributed by atoms with E-state index in [9.17, 15) is 18.4 Å². The molecule has 3 N–H and O–H groups in total. The number of amides is 2. The maximum absolute atomic E-state index is 13.6. The van der Waals surface area contributed by atoms with Crippen LogP contribution in [0.15, 0.2) is 48.5 Å². The van der Waals surface area contributed by atoms with Crippen molar-refractivity contribution in [3.8, 4) is 0 Å². The molecule has 2 rings (SSSR count). The van der Waals surface area contributed by atoms with Gasteiger partial charge in [-0.15, -0.1) is 0 Å². The first kappa shape index (κ1) is 18.5. The molecule has 132 valence electrons. The number of carbonyl (C=O) groups excluding carboxylic acids is 2. The van der Waals surface area contributed by atoms with Gasteiger partial charge in [0.2, 0.25) is 0 Å². The highest BCUT2D eigenvalue weighted by Gasteiger charge is 2.22. The molecular formula is C18H18F2N2O3. The van der Waals surface area contributed by atoms with Crippen molar-refractivity contribution in [2.24, 2.45) is 0 Å². The maximum Gasteiger partial charge on any atom is 0.313 e. The molecule has 0 radical (unpaired) electrons. The third-order valence-corrected chi connectivity index (χ3v) is 3.57. The van der Waals surface area contributed by atoms with Gasteiger partial charge in [0.25, 0.3) is 0 Å². The van der Waals surface area contributed by atoms with Crippen LogP contribution in [0.5, 0.6) is 0 Å². The largest absolute Gasteiger partial charge is 0.396 e. The molecule has 0 aromatic heterocycles. The molecule has 7 heteroatoms. The second-order valence-corrected chi connectivity index (χ2v) is 5.35. The number of benzene rings is 2. The third kappa shape index (κ3) is 5.09.